The second kappa shape index (κ2) is 6.78. The largest absolute Gasteiger partial charge is 0.325 e. The highest BCUT2D eigenvalue weighted by molar-refractivity contribution is 8.02. The molecule has 6 nitrogen and oxygen atoms in total. The van der Waals surface area contributed by atoms with E-state index < -0.39 is 10.0 Å². The Balaban J connectivity index is 2.05. The van der Waals surface area contributed by atoms with E-state index in [1.54, 1.807) is 13.0 Å². The van der Waals surface area contributed by atoms with E-state index in [0.717, 1.165) is 10.0 Å². The average Bonchev–Trinajstić information content (AvgIpc) is 2.83. The van der Waals surface area contributed by atoms with E-state index in [9.17, 15) is 13.2 Å². The molecule has 0 saturated carbocycles. The van der Waals surface area contributed by atoms with Crippen molar-refractivity contribution < 1.29 is 13.2 Å². The molecule has 0 unspecified atom stereocenters. The molecule has 2 rings (SSSR count). The van der Waals surface area contributed by atoms with Crippen LogP contribution in [0, 0.1) is 6.92 Å². The third kappa shape index (κ3) is 4.54. The summed E-state index contributed by atoms with van der Waals surface area (Å²) in [5, 5.41) is 9.31. The molecule has 22 heavy (non-hydrogen) atoms. The van der Waals surface area contributed by atoms with Crippen LogP contribution in [0.15, 0.2) is 38.9 Å². The number of rotatable bonds is 5. The normalized spacial score (nSPS) is 12.9. The summed E-state index contributed by atoms with van der Waals surface area (Å²) in [6, 6.07) is 5.84. The van der Waals surface area contributed by atoms with Gasteiger partial charge in [0.05, 0.1) is 10.1 Å². The van der Waals surface area contributed by atoms with Gasteiger partial charge in [-0.2, -0.15) is 0 Å². The van der Waals surface area contributed by atoms with Gasteiger partial charge >= 0.3 is 0 Å². The number of nitrogens with one attached hydrogen (secondary N) is 1. The van der Waals surface area contributed by atoms with Crippen molar-refractivity contribution >= 4 is 44.7 Å². The molecule has 0 radical (unpaired) electrons. The van der Waals surface area contributed by atoms with E-state index in [0.29, 0.717) is 5.69 Å². The summed E-state index contributed by atoms with van der Waals surface area (Å²) in [4.78, 5) is 16.4. The highest BCUT2D eigenvalue weighted by atomic mass is 32.2. The summed E-state index contributed by atoms with van der Waals surface area (Å²) in [5.74, 6) is -0.232. The lowest BCUT2D eigenvalue weighted by atomic mass is 10.3. The predicted octanol–water partition coefficient (Wildman–Crippen LogP) is 2.22. The number of benzene rings is 1. The first-order chi connectivity index (χ1) is 10.3. The minimum absolute atomic E-state index is 0.0406. The standard InChI is InChI=1S/C13H15N3O3S3/c1-8-7-20-13(15-8)21-9(2)12(17)16-10-4-3-5-11(6-10)22(14,18)19/h3-7,9H,1-2H3,(H,16,17)(H2,14,18,19)/t9-/m0/s1. The molecule has 1 aromatic carbocycles. The number of hydrogen-bond acceptors (Lipinski definition) is 6. The lowest BCUT2D eigenvalue weighted by Gasteiger charge is -2.11. The molecular formula is C13H15N3O3S3. The molecule has 0 aliphatic rings. The first-order valence-electron chi connectivity index (χ1n) is 6.28. The van der Waals surface area contributed by atoms with Crippen LogP contribution in [0.2, 0.25) is 0 Å². The molecule has 0 fully saturated rings. The Hall–Kier alpha value is -1.42. The number of primary sulfonamides is 1. The molecule has 0 saturated heterocycles. The van der Waals surface area contributed by atoms with Crippen LogP contribution in [0.1, 0.15) is 12.6 Å². The van der Waals surface area contributed by atoms with Crippen molar-refractivity contribution in [3.63, 3.8) is 0 Å². The number of thioether (sulfide) groups is 1. The van der Waals surface area contributed by atoms with E-state index in [1.165, 1.54) is 41.3 Å². The Morgan fingerprint density at radius 3 is 2.77 bits per heavy atom. The third-order valence-electron chi connectivity index (χ3n) is 2.67. The number of hydrogen-bond donors (Lipinski definition) is 2. The summed E-state index contributed by atoms with van der Waals surface area (Å²) < 4.78 is 23.4. The molecule has 0 aliphatic carbocycles. The maximum atomic E-state index is 12.1. The number of anilines is 1. The van der Waals surface area contributed by atoms with E-state index in [-0.39, 0.29) is 16.1 Å². The molecule has 1 atom stereocenters. The molecule has 118 valence electrons. The van der Waals surface area contributed by atoms with Crippen molar-refractivity contribution in [2.75, 3.05) is 5.32 Å². The molecule has 0 bridgehead atoms. The van der Waals surface area contributed by atoms with Gasteiger partial charge in [0, 0.05) is 16.8 Å². The SMILES string of the molecule is Cc1csc(S[C@@H](C)C(=O)Nc2cccc(S(N)(=O)=O)c2)n1. The number of thiazole rings is 1. The van der Waals surface area contributed by atoms with Crippen LogP contribution in [0.4, 0.5) is 5.69 Å². The van der Waals surface area contributed by atoms with Gasteiger partial charge in [0.25, 0.3) is 0 Å². The van der Waals surface area contributed by atoms with Gasteiger partial charge in [-0.05, 0) is 32.0 Å². The molecule has 1 amide bonds. The monoisotopic (exact) mass is 357 g/mol. The second-order valence-corrected chi connectivity index (χ2v) is 8.58. The zero-order valence-corrected chi connectivity index (χ0v) is 14.4. The van der Waals surface area contributed by atoms with E-state index in [2.05, 4.69) is 10.3 Å². The van der Waals surface area contributed by atoms with Crippen molar-refractivity contribution in [2.24, 2.45) is 5.14 Å². The molecular weight excluding hydrogens is 342 g/mol. The first-order valence-corrected chi connectivity index (χ1v) is 9.59. The number of carbonyl (C=O) groups excluding carboxylic acids is 1. The van der Waals surface area contributed by atoms with Gasteiger partial charge in [-0.1, -0.05) is 17.8 Å². The van der Waals surface area contributed by atoms with Gasteiger partial charge in [0.2, 0.25) is 15.9 Å². The van der Waals surface area contributed by atoms with Gasteiger partial charge in [0.1, 0.15) is 0 Å². The van der Waals surface area contributed by atoms with Crippen LogP contribution in [0.25, 0.3) is 0 Å². The Kier molecular flexibility index (Phi) is 5.22. The lowest BCUT2D eigenvalue weighted by Crippen LogP contribution is -2.22. The number of amides is 1. The van der Waals surface area contributed by atoms with E-state index >= 15 is 0 Å². The lowest BCUT2D eigenvalue weighted by molar-refractivity contribution is -0.115. The zero-order chi connectivity index (χ0) is 16.3. The van der Waals surface area contributed by atoms with Crippen LogP contribution < -0.4 is 10.5 Å². The highest BCUT2D eigenvalue weighted by Crippen LogP contribution is 2.27. The van der Waals surface area contributed by atoms with Crippen LogP contribution in [-0.2, 0) is 14.8 Å². The summed E-state index contributed by atoms with van der Waals surface area (Å²) >= 11 is 2.84. The molecule has 1 heterocycles. The number of nitrogens with zero attached hydrogens (tertiary/aromatic N) is 1. The topological polar surface area (TPSA) is 102 Å². The average molecular weight is 357 g/mol. The number of aryl methyl sites for hydroxylation is 1. The van der Waals surface area contributed by atoms with Crippen LogP contribution in [0.5, 0.6) is 0 Å². The summed E-state index contributed by atoms with van der Waals surface area (Å²) in [6.45, 7) is 3.66. The van der Waals surface area contributed by atoms with Crippen molar-refractivity contribution in [1.29, 1.82) is 0 Å². The summed E-state index contributed by atoms with van der Waals surface area (Å²) in [5.41, 5.74) is 1.31. The number of nitrogens with two attached hydrogens (primary N) is 1. The minimum atomic E-state index is -3.79. The van der Waals surface area contributed by atoms with E-state index in [4.69, 9.17) is 5.14 Å². The Labute approximate surface area is 137 Å². The van der Waals surface area contributed by atoms with Gasteiger partial charge in [-0.25, -0.2) is 18.5 Å². The first kappa shape index (κ1) is 16.9. The molecule has 1 aromatic heterocycles. The van der Waals surface area contributed by atoms with Gasteiger partial charge < -0.3 is 5.32 Å². The molecule has 2 aromatic rings. The van der Waals surface area contributed by atoms with Crippen molar-refractivity contribution in [2.45, 2.75) is 28.3 Å². The van der Waals surface area contributed by atoms with Crippen molar-refractivity contribution in [3.05, 3.63) is 35.3 Å². The predicted molar refractivity (Wildman–Crippen MR) is 88.6 cm³/mol. The molecule has 9 heteroatoms. The maximum absolute atomic E-state index is 12.1. The van der Waals surface area contributed by atoms with Crippen molar-refractivity contribution in [1.82, 2.24) is 4.98 Å². The zero-order valence-electron chi connectivity index (χ0n) is 11.9. The number of aromatic nitrogens is 1. The smallest absolute Gasteiger partial charge is 0.238 e. The molecule has 3 N–H and O–H groups in total. The summed E-state index contributed by atoms with van der Waals surface area (Å²) in [7, 11) is -3.79. The number of sulfonamides is 1. The Morgan fingerprint density at radius 2 is 2.18 bits per heavy atom. The van der Waals surface area contributed by atoms with Crippen molar-refractivity contribution in [3.8, 4) is 0 Å². The third-order valence-corrected chi connectivity index (χ3v) is 5.78. The summed E-state index contributed by atoms with van der Waals surface area (Å²) in [6.07, 6.45) is 0. The van der Waals surface area contributed by atoms with E-state index in [1.807, 2.05) is 12.3 Å². The minimum Gasteiger partial charge on any atom is -0.325 e. The maximum Gasteiger partial charge on any atom is 0.238 e. The fourth-order valence-electron chi connectivity index (χ4n) is 1.59. The molecule has 0 aliphatic heterocycles. The fourth-order valence-corrected chi connectivity index (χ4v) is 4.13. The Bertz CT molecular complexity index is 787. The fraction of sp³-hybridized carbons (Fsp3) is 0.231. The quantitative estimate of drug-likeness (QED) is 0.799. The van der Waals surface area contributed by atoms with Crippen LogP contribution in [-0.4, -0.2) is 24.6 Å². The number of carbonyl (C=O) groups is 1. The van der Waals surface area contributed by atoms with Crippen LogP contribution in [0.3, 0.4) is 0 Å². The highest BCUT2D eigenvalue weighted by Gasteiger charge is 2.17. The Morgan fingerprint density at radius 1 is 1.45 bits per heavy atom. The van der Waals surface area contributed by atoms with Crippen LogP contribution >= 0.6 is 23.1 Å². The second-order valence-electron chi connectivity index (χ2n) is 4.58. The van der Waals surface area contributed by atoms with Gasteiger partial charge in [-0.15, -0.1) is 11.3 Å². The van der Waals surface area contributed by atoms with Gasteiger partial charge in [0.15, 0.2) is 4.34 Å². The van der Waals surface area contributed by atoms with Gasteiger partial charge in [-0.3, -0.25) is 4.79 Å². The molecule has 0 spiro atoms.